The number of amides is 3. The molecule has 0 aliphatic carbocycles. The number of nitrogens with two attached hydrogens (primary N) is 3. The highest BCUT2D eigenvalue weighted by Gasteiger charge is 2.29. The van der Waals surface area contributed by atoms with Gasteiger partial charge in [-0.15, -0.1) is 0 Å². The average molecular weight is 595 g/mol. The molecule has 2 aromatic carbocycles. The van der Waals surface area contributed by atoms with E-state index in [0.29, 0.717) is 12.0 Å². The number of carboxylic acids is 1. The van der Waals surface area contributed by atoms with Crippen molar-refractivity contribution in [1.82, 2.24) is 20.9 Å². The molecule has 0 radical (unpaired) electrons. The predicted molar refractivity (Wildman–Crippen MR) is 161 cm³/mol. The maximum absolute atomic E-state index is 13.5. The summed E-state index contributed by atoms with van der Waals surface area (Å²) in [5.74, 6) is -3.36. The van der Waals surface area contributed by atoms with Crippen molar-refractivity contribution in [2.75, 3.05) is 6.54 Å². The SMILES string of the molecule is CC(NC(=O)C(Cc1ccc(O)cc1)NC(=O)C(CCCN=C(N)N)NC(=O)C(N)Cc1c[nH]c2ccccc12)C(=O)O. The van der Waals surface area contributed by atoms with Crippen LogP contribution in [-0.4, -0.2) is 75.6 Å². The van der Waals surface area contributed by atoms with Crippen LogP contribution in [0.25, 0.3) is 10.9 Å². The number of hydrogen-bond donors (Lipinski definition) is 9. The molecule has 0 fully saturated rings. The molecule has 230 valence electrons. The zero-order valence-corrected chi connectivity index (χ0v) is 23.7. The van der Waals surface area contributed by atoms with Crippen LogP contribution in [0.2, 0.25) is 0 Å². The number of aliphatic imine (C=N–C) groups is 1. The Balaban J connectivity index is 1.77. The van der Waals surface area contributed by atoms with Gasteiger partial charge in [-0.1, -0.05) is 30.3 Å². The van der Waals surface area contributed by atoms with E-state index >= 15 is 0 Å². The van der Waals surface area contributed by atoms with Crippen molar-refractivity contribution in [2.24, 2.45) is 22.2 Å². The summed E-state index contributed by atoms with van der Waals surface area (Å²) in [6.45, 7) is 1.48. The first-order valence-corrected chi connectivity index (χ1v) is 13.7. The molecule has 3 rings (SSSR count). The van der Waals surface area contributed by atoms with Crippen LogP contribution in [0.5, 0.6) is 5.75 Å². The molecular weight excluding hydrogens is 556 g/mol. The first-order valence-electron chi connectivity index (χ1n) is 13.7. The van der Waals surface area contributed by atoms with E-state index < -0.39 is 47.9 Å². The zero-order chi connectivity index (χ0) is 31.5. The highest BCUT2D eigenvalue weighted by atomic mass is 16.4. The monoisotopic (exact) mass is 594 g/mol. The first-order chi connectivity index (χ1) is 20.4. The average Bonchev–Trinajstić information content (AvgIpc) is 3.37. The molecule has 3 amide bonds. The Labute approximate surface area is 248 Å². The van der Waals surface area contributed by atoms with Gasteiger partial charge in [0.15, 0.2) is 5.96 Å². The van der Waals surface area contributed by atoms with Crippen molar-refractivity contribution >= 4 is 40.6 Å². The van der Waals surface area contributed by atoms with Gasteiger partial charge in [0.05, 0.1) is 6.04 Å². The molecule has 0 aliphatic heterocycles. The molecule has 3 aromatic rings. The summed E-state index contributed by atoms with van der Waals surface area (Å²) in [6.07, 6.45) is 2.41. The summed E-state index contributed by atoms with van der Waals surface area (Å²) < 4.78 is 0. The van der Waals surface area contributed by atoms with Gasteiger partial charge in [-0.25, -0.2) is 0 Å². The summed E-state index contributed by atoms with van der Waals surface area (Å²) in [7, 11) is 0. The van der Waals surface area contributed by atoms with E-state index in [1.807, 2.05) is 24.3 Å². The van der Waals surface area contributed by atoms with Gasteiger partial charge >= 0.3 is 5.97 Å². The minimum absolute atomic E-state index is 0.0146. The third kappa shape index (κ3) is 9.74. The van der Waals surface area contributed by atoms with Gasteiger partial charge < -0.3 is 48.3 Å². The molecule has 0 aliphatic rings. The van der Waals surface area contributed by atoms with E-state index in [-0.39, 0.29) is 37.5 Å². The van der Waals surface area contributed by atoms with Crippen LogP contribution in [-0.2, 0) is 32.0 Å². The topological polar surface area (TPSA) is 251 Å². The van der Waals surface area contributed by atoms with E-state index in [0.717, 1.165) is 16.5 Å². The van der Waals surface area contributed by atoms with Crippen molar-refractivity contribution < 1.29 is 29.4 Å². The maximum Gasteiger partial charge on any atom is 0.325 e. The lowest BCUT2D eigenvalue weighted by Gasteiger charge is -2.25. The molecule has 0 saturated carbocycles. The molecule has 4 atom stereocenters. The zero-order valence-electron chi connectivity index (χ0n) is 23.7. The number of hydrogen-bond acceptors (Lipinski definition) is 7. The molecule has 4 unspecified atom stereocenters. The highest BCUT2D eigenvalue weighted by molar-refractivity contribution is 5.94. The fourth-order valence-electron chi connectivity index (χ4n) is 4.41. The van der Waals surface area contributed by atoms with Gasteiger partial charge in [0.25, 0.3) is 0 Å². The van der Waals surface area contributed by atoms with Gasteiger partial charge in [0.2, 0.25) is 17.7 Å². The van der Waals surface area contributed by atoms with Crippen LogP contribution in [0.15, 0.2) is 59.7 Å². The fraction of sp³-hybridized carbons (Fsp3) is 0.345. The van der Waals surface area contributed by atoms with Crippen molar-refractivity contribution in [3.05, 3.63) is 65.9 Å². The second-order valence-corrected chi connectivity index (χ2v) is 10.2. The minimum Gasteiger partial charge on any atom is -0.508 e. The summed E-state index contributed by atoms with van der Waals surface area (Å²) in [4.78, 5) is 58.1. The number of aromatic amines is 1. The maximum atomic E-state index is 13.5. The first kappa shape index (κ1) is 32.4. The minimum atomic E-state index is -1.25. The Morgan fingerprint density at radius 2 is 1.56 bits per heavy atom. The summed E-state index contributed by atoms with van der Waals surface area (Å²) >= 11 is 0. The summed E-state index contributed by atoms with van der Waals surface area (Å²) in [6, 6.07) is 9.06. The molecule has 14 heteroatoms. The molecule has 0 saturated heterocycles. The number of phenolic OH excluding ortho intramolecular Hbond substituents is 1. The molecular formula is C29H38N8O6. The van der Waals surface area contributed by atoms with Crippen molar-refractivity contribution in [1.29, 1.82) is 0 Å². The van der Waals surface area contributed by atoms with Crippen LogP contribution >= 0.6 is 0 Å². The number of carbonyl (C=O) groups is 4. The van der Waals surface area contributed by atoms with Gasteiger partial charge in [0, 0.05) is 30.1 Å². The number of para-hydroxylation sites is 1. The lowest BCUT2D eigenvalue weighted by atomic mass is 10.0. The van der Waals surface area contributed by atoms with Crippen molar-refractivity contribution in [2.45, 2.75) is 56.8 Å². The number of H-pyrrole nitrogens is 1. The van der Waals surface area contributed by atoms with Crippen LogP contribution in [0, 0.1) is 0 Å². The lowest BCUT2D eigenvalue weighted by Crippen LogP contribution is -2.57. The number of aliphatic carboxylic acids is 1. The fourth-order valence-corrected chi connectivity index (χ4v) is 4.41. The van der Waals surface area contributed by atoms with Crippen LogP contribution in [0.4, 0.5) is 0 Å². The van der Waals surface area contributed by atoms with Crippen LogP contribution < -0.4 is 33.2 Å². The van der Waals surface area contributed by atoms with Gasteiger partial charge in [0.1, 0.15) is 23.9 Å². The number of phenols is 1. The third-order valence-corrected chi connectivity index (χ3v) is 6.77. The standard InChI is InChI=1S/C29H38N8O6/c1-16(28(42)43)35-27(41)24(13-17-8-10-19(38)11-9-17)37-26(40)23(7-4-12-33-29(31)32)36-25(39)21(30)14-18-15-34-22-6-3-2-5-20(18)22/h2-3,5-6,8-11,15-16,21,23-24,34,38H,4,7,12-14,30H2,1H3,(H,35,41)(H,36,39)(H,37,40)(H,42,43)(H4,31,32,33). The number of fused-ring (bicyclic) bond motifs is 1. The van der Waals surface area contributed by atoms with Gasteiger partial charge in [-0.05, 0) is 55.5 Å². The number of guanidine groups is 1. The second kappa shape index (κ2) is 15.2. The van der Waals surface area contributed by atoms with Crippen LogP contribution in [0.3, 0.4) is 0 Å². The highest BCUT2D eigenvalue weighted by Crippen LogP contribution is 2.19. The van der Waals surface area contributed by atoms with E-state index in [9.17, 15) is 29.4 Å². The quantitative estimate of drug-likeness (QED) is 0.0629. The molecule has 12 N–H and O–H groups in total. The molecule has 1 heterocycles. The van der Waals surface area contributed by atoms with Crippen molar-refractivity contribution in [3.63, 3.8) is 0 Å². The number of benzene rings is 2. The van der Waals surface area contributed by atoms with E-state index in [1.54, 1.807) is 18.3 Å². The predicted octanol–water partition coefficient (Wildman–Crippen LogP) is -0.401. The largest absolute Gasteiger partial charge is 0.508 e. The molecule has 43 heavy (non-hydrogen) atoms. The number of aromatic hydroxyl groups is 1. The Hall–Kier alpha value is -5.11. The van der Waals surface area contributed by atoms with Crippen LogP contribution in [0.1, 0.15) is 30.9 Å². The lowest BCUT2D eigenvalue weighted by molar-refractivity contribution is -0.141. The number of nitrogens with zero attached hydrogens (tertiary/aromatic N) is 1. The molecule has 0 bridgehead atoms. The Morgan fingerprint density at radius 3 is 2.23 bits per heavy atom. The number of carboxylic acid groups (broad SMARTS) is 1. The Kier molecular flexibility index (Phi) is 11.5. The van der Waals surface area contributed by atoms with E-state index in [2.05, 4.69) is 25.9 Å². The van der Waals surface area contributed by atoms with Gasteiger partial charge in [-0.2, -0.15) is 0 Å². The Morgan fingerprint density at radius 1 is 0.907 bits per heavy atom. The van der Waals surface area contributed by atoms with E-state index in [1.165, 1.54) is 19.1 Å². The second-order valence-electron chi connectivity index (χ2n) is 10.2. The summed E-state index contributed by atoms with van der Waals surface area (Å²) in [5.41, 5.74) is 19.4. The number of carbonyl (C=O) groups excluding carboxylic acids is 3. The van der Waals surface area contributed by atoms with E-state index in [4.69, 9.17) is 17.2 Å². The third-order valence-electron chi connectivity index (χ3n) is 6.77. The molecule has 1 aromatic heterocycles. The van der Waals surface area contributed by atoms with Crippen molar-refractivity contribution in [3.8, 4) is 5.75 Å². The normalized spacial score (nSPS) is 13.7. The molecule has 14 nitrogen and oxygen atoms in total. The number of aromatic nitrogens is 1. The Bertz CT molecular complexity index is 1450. The smallest absolute Gasteiger partial charge is 0.325 e. The summed E-state index contributed by atoms with van der Waals surface area (Å²) in [5, 5.41) is 27.5. The molecule has 0 spiro atoms. The number of rotatable bonds is 15. The number of nitrogens with one attached hydrogen (secondary N) is 4. The van der Waals surface area contributed by atoms with Gasteiger partial charge in [-0.3, -0.25) is 24.2 Å².